The monoisotopic (exact) mass is 445 g/mol. The summed E-state index contributed by atoms with van der Waals surface area (Å²) in [7, 11) is 1.47. The summed E-state index contributed by atoms with van der Waals surface area (Å²) < 4.78 is 60.3. The molecule has 0 aliphatic rings. The molecule has 7 nitrogen and oxygen atoms in total. The summed E-state index contributed by atoms with van der Waals surface area (Å²) >= 11 is 0. The van der Waals surface area contributed by atoms with E-state index in [-0.39, 0.29) is 11.4 Å². The Bertz CT molecular complexity index is 1320. The van der Waals surface area contributed by atoms with Gasteiger partial charge in [0.05, 0.1) is 12.8 Å². The topological polar surface area (TPSA) is 81.4 Å². The van der Waals surface area contributed by atoms with E-state index in [4.69, 9.17) is 4.74 Å². The molecule has 2 aromatic carbocycles. The van der Waals surface area contributed by atoms with Crippen LogP contribution >= 0.6 is 0 Å². The van der Waals surface area contributed by atoms with Crippen LogP contribution in [-0.2, 0) is 6.18 Å². The number of ether oxygens (including phenoxy) is 1. The molecular weight excluding hydrogens is 430 g/mol. The molecule has 4 aromatic rings. The van der Waals surface area contributed by atoms with Crippen LogP contribution in [0.5, 0.6) is 5.75 Å². The number of hydrogen-bond donors (Lipinski definition) is 1. The van der Waals surface area contributed by atoms with Crippen LogP contribution in [-0.4, -0.2) is 32.6 Å². The second-order valence-corrected chi connectivity index (χ2v) is 6.82. The van der Waals surface area contributed by atoms with Crippen molar-refractivity contribution in [2.24, 2.45) is 0 Å². The molecule has 0 saturated heterocycles. The van der Waals surface area contributed by atoms with Crippen molar-refractivity contribution in [3.63, 3.8) is 0 Å². The molecule has 1 N–H and O–H groups in total. The van der Waals surface area contributed by atoms with E-state index in [1.807, 2.05) is 0 Å². The third kappa shape index (κ3) is 4.09. The molecule has 0 aliphatic carbocycles. The molecular formula is C21H15F4N5O2. The number of alkyl halides is 3. The number of nitrogens with zero attached hydrogens (tertiary/aromatic N) is 4. The van der Waals surface area contributed by atoms with Gasteiger partial charge in [0.25, 0.3) is 11.7 Å². The molecule has 4 rings (SSSR count). The minimum Gasteiger partial charge on any atom is -0.497 e. The van der Waals surface area contributed by atoms with E-state index < -0.39 is 35.2 Å². The first-order valence-electron chi connectivity index (χ1n) is 9.22. The van der Waals surface area contributed by atoms with Gasteiger partial charge in [-0.25, -0.2) is 9.37 Å². The van der Waals surface area contributed by atoms with E-state index >= 15 is 0 Å². The largest absolute Gasteiger partial charge is 0.497 e. The predicted molar refractivity (Wildman–Crippen MR) is 107 cm³/mol. The number of amides is 1. The van der Waals surface area contributed by atoms with Crippen molar-refractivity contribution in [2.45, 2.75) is 13.1 Å². The number of aromatic nitrogens is 4. The summed E-state index contributed by atoms with van der Waals surface area (Å²) in [4.78, 5) is 20.4. The second-order valence-electron chi connectivity index (χ2n) is 6.82. The van der Waals surface area contributed by atoms with E-state index in [1.54, 1.807) is 31.2 Å². The van der Waals surface area contributed by atoms with Crippen molar-refractivity contribution in [3.8, 4) is 17.0 Å². The normalized spacial score (nSPS) is 11.6. The molecule has 0 aliphatic heterocycles. The molecule has 0 saturated carbocycles. The number of benzene rings is 2. The van der Waals surface area contributed by atoms with Crippen molar-refractivity contribution < 1.29 is 27.1 Å². The number of carbonyl (C=O) groups is 1. The summed E-state index contributed by atoms with van der Waals surface area (Å²) in [6.45, 7) is 1.55. The highest BCUT2D eigenvalue weighted by molar-refractivity contribution is 6.01. The fraction of sp³-hybridized carbons (Fsp3) is 0.143. The standard InChI is InChI=1S/C21H15F4N5O2/c1-11-3-6-13(9-15(11)22)26-19(31)18-28-20-27-16(12-4-7-14(32-2)8-5-12)10-17(21(23,24)25)30(20)29-18/h3-10H,1-2H3,(H,26,31). The number of nitrogens with one attached hydrogen (secondary N) is 1. The van der Waals surface area contributed by atoms with Crippen molar-refractivity contribution in [1.29, 1.82) is 0 Å². The van der Waals surface area contributed by atoms with Crippen LogP contribution in [0.4, 0.5) is 23.2 Å². The highest BCUT2D eigenvalue weighted by Gasteiger charge is 2.36. The number of halogens is 4. The second kappa shape index (κ2) is 7.91. The lowest BCUT2D eigenvalue weighted by Gasteiger charge is -2.10. The van der Waals surface area contributed by atoms with Gasteiger partial charge in [-0.1, -0.05) is 6.07 Å². The van der Waals surface area contributed by atoms with Crippen LogP contribution in [0.25, 0.3) is 17.0 Å². The first-order valence-corrected chi connectivity index (χ1v) is 9.22. The molecule has 32 heavy (non-hydrogen) atoms. The van der Waals surface area contributed by atoms with Gasteiger partial charge < -0.3 is 10.1 Å². The molecule has 164 valence electrons. The Morgan fingerprint density at radius 1 is 1.06 bits per heavy atom. The van der Waals surface area contributed by atoms with Gasteiger partial charge in [0.2, 0.25) is 5.82 Å². The Morgan fingerprint density at radius 3 is 2.41 bits per heavy atom. The lowest BCUT2D eigenvalue weighted by atomic mass is 10.1. The Morgan fingerprint density at radius 2 is 1.78 bits per heavy atom. The Labute approximate surface area is 178 Å². The fourth-order valence-electron chi connectivity index (χ4n) is 2.93. The van der Waals surface area contributed by atoms with Gasteiger partial charge in [0.15, 0.2) is 5.69 Å². The number of methoxy groups -OCH3 is 1. The number of aryl methyl sites for hydroxylation is 1. The number of rotatable bonds is 4. The Hall–Kier alpha value is -4.02. The van der Waals surface area contributed by atoms with Crippen LogP contribution in [0.3, 0.4) is 0 Å². The minimum atomic E-state index is -4.79. The van der Waals surface area contributed by atoms with Gasteiger partial charge in [-0.15, -0.1) is 5.10 Å². The molecule has 0 fully saturated rings. The first-order chi connectivity index (χ1) is 15.2. The van der Waals surface area contributed by atoms with E-state index in [0.29, 0.717) is 21.4 Å². The SMILES string of the molecule is COc1ccc(-c2cc(C(F)(F)F)n3nc(C(=O)Nc4ccc(C)c(F)c4)nc3n2)cc1. The van der Waals surface area contributed by atoms with Crippen molar-refractivity contribution in [2.75, 3.05) is 12.4 Å². The predicted octanol–water partition coefficient (Wildman–Crippen LogP) is 4.52. The molecule has 0 radical (unpaired) electrons. The van der Waals surface area contributed by atoms with E-state index in [2.05, 4.69) is 20.4 Å². The zero-order chi connectivity index (χ0) is 23.0. The summed E-state index contributed by atoms with van der Waals surface area (Å²) in [6, 6.07) is 11.1. The minimum absolute atomic E-state index is 0.00700. The Kier molecular flexibility index (Phi) is 5.25. The number of fused-ring (bicyclic) bond motifs is 1. The quantitative estimate of drug-likeness (QED) is 0.467. The highest BCUT2D eigenvalue weighted by atomic mass is 19.4. The molecule has 2 aromatic heterocycles. The summed E-state index contributed by atoms with van der Waals surface area (Å²) in [5.41, 5.74) is -0.282. The van der Waals surface area contributed by atoms with Gasteiger partial charge in [0.1, 0.15) is 11.6 Å². The van der Waals surface area contributed by atoms with Crippen LogP contribution in [0.1, 0.15) is 21.9 Å². The van der Waals surface area contributed by atoms with Crippen molar-refractivity contribution in [1.82, 2.24) is 19.6 Å². The lowest BCUT2D eigenvalue weighted by molar-refractivity contribution is -0.142. The maximum atomic E-state index is 13.7. The summed E-state index contributed by atoms with van der Waals surface area (Å²) in [5.74, 6) is -1.88. The Balaban J connectivity index is 1.75. The molecule has 0 bridgehead atoms. The molecule has 11 heteroatoms. The molecule has 1 amide bonds. The van der Waals surface area contributed by atoms with Gasteiger partial charge in [0, 0.05) is 11.3 Å². The maximum Gasteiger partial charge on any atom is 0.433 e. The number of carbonyl (C=O) groups excluding carboxylic acids is 1. The number of anilines is 1. The van der Waals surface area contributed by atoms with Crippen LogP contribution < -0.4 is 10.1 Å². The average Bonchev–Trinajstić information content (AvgIpc) is 3.19. The van der Waals surface area contributed by atoms with E-state index in [1.165, 1.54) is 19.2 Å². The molecule has 0 atom stereocenters. The fourth-order valence-corrected chi connectivity index (χ4v) is 2.93. The van der Waals surface area contributed by atoms with Gasteiger partial charge in [-0.05, 0) is 55.0 Å². The lowest BCUT2D eigenvalue weighted by Crippen LogP contribution is -2.16. The third-order valence-corrected chi connectivity index (χ3v) is 4.62. The first kappa shape index (κ1) is 21.2. The van der Waals surface area contributed by atoms with Crippen molar-refractivity contribution >= 4 is 17.4 Å². The van der Waals surface area contributed by atoms with Crippen LogP contribution in [0.15, 0.2) is 48.5 Å². The van der Waals surface area contributed by atoms with Crippen LogP contribution in [0.2, 0.25) is 0 Å². The van der Waals surface area contributed by atoms with E-state index in [0.717, 1.165) is 12.1 Å². The molecule has 0 unspecified atom stereocenters. The highest BCUT2D eigenvalue weighted by Crippen LogP contribution is 2.32. The third-order valence-electron chi connectivity index (χ3n) is 4.62. The molecule has 0 spiro atoms. The molecule has 2 heterocycles. The average molecular weight is 445 g/mol. The van der Waals surface area contributed by atoms with Gasteiger partial charge in [-0.3, -0.25) is 4.79 Å². The van der Waals surface area contributed by atoms with Gasteiger partial charge in [-0.2, -0.15) is 22.7 Å². The summed E-state index contributed by atoms with van der Waals surface area (Å²) in [5, 5.41) is 6.04. The van der Waals surface area contributed by atoms with Crippen molar-refractivity contribution in [3.05, 3.63) is 71.4 Å². The zero-order valence-electron chi connectivity index (χ0n) is 16.7. The summed E-state index contributed by atoms with van der Waals surface area (Å²) in [6.07, 6.45) is -4.79. The van der Waals surface area contributed by atoms with Crippen LogP contribution in [0, 0.1) is 12.7 Å². The number of hydrogen-bond acceptors (Lipinski definition) is 5. The maximum absolute atomic E-state index is 13.7. The smallest absolute Gasteiger partial charge is 0.433 e. The van der Waals surface area contributed by atoms with Gasteiger partial charge >= 0.3 is 6.18 Å². The zero-order valence-corrected chi connectivity index (χ0v) is 16.7. The van der Waals surface area contributed by atoms with E-state index in [9.17, 15) is 22.4 Å².